The van der Waals surface area contributed by atoms with Gasteiger partial charge in [0.1, 0.15) is 0 Å². The molecule has 1 rings (SSSR count). The van der Waals surface area contributed by atoms with Gasteiger partial charge in [-0.05, 0) is 53.2 Å². The summed E-state index contributed by atoms with van der Waals surface area (Å²) in [6, 6.07) is 1.02. The Bertz CT molecular complexity index is 267. The van der Waals surface area contributed by atoms with E-state index >= 15 is 0 Å². The van der Waals surface area contributed by atoms with Crippen LogP contribution in [-0.4, -0.2) is 29.8 Å². The van der Waals surface area contributed by atoms with Crippen LogP contribution in [-0.2, 0) is 4.79 Å². The molecule has 80 valence electrons. The Kier molecular flexibility index (Phi) is 3.48. The predicted molar refractivity (Wildman–Crippen MR) is 59.3 cm³/mol. The molecular weight excluding hydrogens is 174 g/mol. The topological polar surface area (TPSA) is 20.3 Å². The molecule has 1 aliphatic rings. The summed E-state index contributed by atoms with van der Waals surface area (Å²) < 4.78 is 0. The molecule has 0 radical (unpaired) electrons. The van der Waals surface area contributed by atoms with Gasteiger partial charge in [0.15, 0.2) is 5.78 Å². The molecule has 0 spiro atoms. The molecule has 0 saturated carbocycles. The van der Waals surface area contributed by atoms with Crippen LogP contribution < -0.4 is 0 Å². The third-order valence-electron chi connectivity index (χ3n) is 3.43. The minimum Gasteiger partial charge on any atom is -0.300 e. The van der Waals surface area contributed by atoms with Crippen molar-refractivity contribution in [1.29, 1.82) is 0 Å². The monoisotopic (exact) mass is 195 g/mol. The standard InChI is InChI=1S/C12H21NO/c1-8-6-9(2)13(5)10(3)7-12(8)11(4)14/h9-10H,6-7H2,1-5H3. The summed E-state index contributed by atoms with van der Waals surface area (Å²) in [5, 5.41) is 0. The van der Waals surface area contributed by atoms with Gasteiger partial charge in [0.05, 0.1) is 0 Å². The minimum absolute atomic E-state index is 0.247. The average Bonchev–Trinajstić information content (AvgIpc) is 2.18. The molecule has 0 amide bonds. The Hall–Kier alpha value is -0.630. The molecule has 0 bridgehead atoms. The second kappa shape index (κ2) is 4.26. The van der Waals surface area contributed by atoms with E-state index in [1.807, 2.05) is 0 Å². The van der Waals surface area contributed by atoms with E-state index in [1.165, 1.54) is 5.57 Å². The van der Waals surface area contributed by atoms with Crippen molar-refractivity contribution in [2.45, 2.75) is 52.6 Å². The van der Waals surface area contributed by atoms with E-state index in [2.05, 4.69) is 32.7 Å². The highest BCUT2D eigenvalue weighted by Gasteiger charge is 2.24. The van der Waals surface area contributed by atoms with Crippen molar-refractivity contribution in [2.75, 3.05) is 7.05 Å². The zero-order valence-corrected chi connectivity index (χ0v) is 9.92. The van der Waals surface area contributed by atoms with Crippen LogP contribution in [0.5, 0.6) is 0 Å². The predicted octanol–water partition coefficient (Wildman–Crippen LogP) is 2.39. The maximum absolute atomic E-state index is 11.4. The Labute approximate surface area is 87.0 Å². The summed E-state index contributed by atoms with van der Waals surface area (Å²) in [7, 11) is 2.14. The van der Waals surface area contributed by atoms with Crippen LogP contribution in [0.3, 0.4) is 0 Å². The van der Waals surface area contributed by atoms with E-state index in [4.69, 9.17) is 0 Å². The Morgan fingerprint density at radius 2 is 1.79 bits per heavy atom. The normalized spacial score (nSPS) is 30.4. The number of hydrogen-bond acceptors (Lipinski definition) is 2. The maximum atomic E-state index is 11.4. The van der Waals surface area contributed by atoms with Crippen molar-refractivity contribution in [2.24, 2.45) is 0 Å². The van der Waals surface area contributed by atoms with Crippen molar-refractivity contribution >= 4 is 5.78 Å². The van der Waals surface area contributed by atoms with E-state index < -0.39 is 0 Å². The van der Waals surface area contributed by atoms with E-state index in [-0.39, 0.29) is 5.78 Å². The zero-order chi connectivity index (χ0) is 10.9. The van der Waals surface area contributed by atoms with E-state index in [1.54, 1.807) is 6.92 Å². The van der Waals surface area contributed by atoms with Crippen molar-refractivity contribution < 1.29 is 4.79 Å². The smallest absolute Gasteiger partial charge is 0.155 e. The lowest BCUT2D eigenvalue weighted by atomic mass is 9.98. The molecule has 0 aromatic heterocycles. The molecule has 0 N–H and O–H groups in total. The first-order chi connectivity index (χ1) is 6.43. The molecule has 0 aromatic carbocycles. The van der Waals surface area contributed by atoms with Crippen LogP contribution in [0.25, 0.3) is 0 Å². The number of nitrogens with zero attached hydrogens (tertiary/aromatic N) is 1. The van der Waals surface area contributed by atoms with Crippen molar-refractivity contribution in [3.63, 3.8) is 0 Å². The van der Waals surface area contributed by atoms with E-state index in [9.17, 15) is 4.79 Å². The molecule has 0 aliphatic carbocycles. The number of carbonyl (C=O) groups excluding carboxylic acids is 1. The van der Waals surface area contributed by atoms with Crippen LogP contribution in [0.2, 0.25) is 0 Å². The number of rotatable bonds is 1. The second-order valence-corrected chi connectivity index (χ2v) is 4.59. The molecule has 2 heteroatoms. The number of Topliss-reactive ketones (excluding diaryl/α,β-unsaturated/α-hetero) is 1. The third kappa shape index (κ3) is 2.24. The van der Waals surface area contributed by atoms with Gasteiger partial charge in [-0.25, -0.2) is 0 Å². The molecule has 14 heavy (non-hydrogen) atoms. The van der Waals surface area contributed by atoms with Crippen LogP contribution >= 0.6 is 0 Å². The molecule has 1 aliphatic heterocycles. The van der Waals surface area contributed by atoms with Gasteiger partial charge >= 0.3 is 0 Å². The molecule has 0 aromatic rings. The molecule has 0 saturated heterocycles. The fourth-order valence-corrected chi connectivity index (χ4v) is 2.20. The quantitative estimate of drug-likeness (QED) is 0.640. The number of ketones is 1. The Morgan fingerprint density at radius 1 is 1.29 bits per heavy atom. The van der Waals surface area contributed by atoms with E-state index in [0.29, 0.717) is 12.1 Å². The summed E-state index contributed by atoms with van der Waals surface area (Å²) >= 11 is 0. The van der Waals surface area contributed by atoms with Gasteiger partial charge in [-0.15, -0.1) is 0 Å². The SMILES string of the molecule is CC(=O)C1=C(C)CC(C)N(C)C(C)C1. The van der Waals surface area contributed by atoms with Crippen LogP contribution in [0, 0.1) is 0 Å². The highest BCUT2D eigenvalue weighted by atomic mass is 16.1. The number of carbonyl (C=O) groups is 1. The summed E-state index contributed by atoms with van der Waals surface area (Å²) in [6.07, 6.45) is 1.93. The third-order valence-corrected chi connectivity index (χ3v) is 3.43. The van der Waals surface area contributed by atoms with Crippen molar-refractivity contribution in [3.8, 4) is 0 Å². The van der Waals surface area contributed by atoms with Gasteiger partial charge < -0.3 is 4.90 Å². The molecular formula is C12H21NO. The molecule has 1 heterocycles. The Balaban J connectivity index is 2.95. The first-order valence-corrected chi connectivity index (χ1v) is 5.35. The lowest BCUT2D eigenvalue weighted by molar-refractivity contribution is -0.113. The lowest BCUT2D eigenvalue weighted by Crippen LogP contribution is -2.35. The van der Waals surface area contributed by atoms with Gasteiger partial charge in [0.2, 0.25) is 0 Å². The summed E-state index contributed by atoms with van der Waals surface area (Å²) in [4.78, 5) is 13.8. The summed E-state index contributed by atoms with van der Waals surface area (Å²) in [5.41, 5.74) is 2.33. The lowest BCUT2D eigenvalue weighted by Gasteiger charge is -2.28. The Morgan fingerprint density at radius 3 is 2.29 bits per heavy atom. The van der Waals surface area contributed by atoms with Gasteiger partial charge in [-0.3, -0.25) is 4.79 Å². The van der Waals surface area contributed by atoms with E-state index in [0.717, 1.165) is 18.4 Å². The van der Waals surface area contributed by atoms with Crippen LogP contribution in [0.4, 0.5) is 0 Å². The first kappa shape index (κ1) is 11.4. The van der Waals surface area contributed by atoms with Gasteiger partial charge in [-0.1, -0.05) is 5.57 Å². The van der Waals surface area contributed by atoms with Gasteiger partial charge in [-0.2, -0.15) is 0 Å². The molecule has 2 nitrogen and oxygen atoms in total. The van der Waals surface area contributed by atoms with Gasteiger partial charge in [0, 0.05) is 12.1 Å². The fraction of sp³-hybridized carbons (Fsp3) is 0.750. The fourth-order valence-electron chi connectivity index (χ4n) is 2.20. The molecule has 2 atom stereocenters. The average molecular weight is 195 g/mol. The highest BCUT2D eigenvalue weighted by molar-refractivity contribution is 5.94. The molecule has 2 unspecified atom stereocenters. The van der Waals surface area contributed by atoms with Crippen molar-refractivity contribution in [3.05, 3.63) is 11.1 Å². The molecule has 0 fully saturated rings. The van der Waals surface area contributed by atoms with Crippen molar-refractivity contribution in [1.82, 2.24) is 4.90 Å². The maximum Gasteiger partial charge on any atom is 0.155 e. The summed E-state index contributed by atoms with van der Waals surface area (Å²) in [6.45, 7) is 8.20. The second-order valence-electron chi connectivity index (χ2n) is 4.59. The minimum atomic E-state index is 0.247. The number of hydrogen-bond donors (Lipinski definition) is 0. The van der Waals surface area contributed by atoms with Gasteiger partial charge in [0.25, 0.3) is 0 Å². The first-order valence-electron chi connectivity index (χ1n) is 5.35. The van der Waals surface area contributed by atoms with Crippen LogP contribution in [0.15, 0.2) is 11.1 Å². The summed E-state index contributed by atoms with van der Waals surface area (Å²) in [5.74, 6) is 0.247. The van der Waals surface area contributed by atoms with Crippen LogP contribution in [0.1, 0.15) is 40.5 Å². The highest BCUT2D eigenvalue weighted by Crippen LogP contribution is 2.25. The zero-order valence-electron chi connectivity index (χ0n) is 9.92. The largest absolute Gasteiger partial charge is 0.300 e.